The number of benzene rings is 3. The average Bonchev–Trinajstić information content (AvgIpc) is 2.63. The Morgan fingerprint density at radius 3 is 2.30 bits per heavy atom. The Morgan fingerprint density at radius 1 is 0.739 bits per heavy atom. The summed E-state index contributed by atoms with van der Waals surface area (Å²) in [5.41, 5.74) is 3.65. The van der Waals surface area contributed by atoms with E-state index in [4.69, 9.17) is 9.05 Å². The van der Waals surface area contributed by atoms with Crippen LogP contribution in [-0.2, 0) is 10.9 Å². The smallest absolute Gasteiger partial charge is 0.265 e. The molecule has 0 fully saturated rings. The standard InChI is InChI=1S/C20H17O2P/c1-2-8-16(9-3-1)14-15-21-23-20-13-7-5-11-18(20)17-10-4-6-12-19(17)22-23/h1-13H,14-15H2. The Balaban J connectivity index is 1.54. The van der Waals surface area contributed by atoms with Crippen LogP contribution in [0.25, 0.3) is 11.1 Å². The van der Waals surface area contributed by atoms with Crippen LogP contribution < -0.4 is 9.83 Å². The minimum atomic E-state index is -1.07. The molecule has 1 aliphatic rings. The lowest BCUT2D eigenvalue weighted by Crippen LogP contribution is -2.16. The summed E-state index contributed by atoms with van der Waals surface area (Å²) in [4.78, 5) is 0. The van der Waals surface area contributed by atoms with Gasteiger partial charge in [-0.15, -0.1) is 0 Å². The van der Waals surface area contributed by atoms with Crippen molar-refractivity contribution in [3.8, 4) is 16.9 Å². The highest BCUT2D eigenvalue weighted by Gasteiger charge is 2.27. The molecule has 1 atom stereocenters. The third kappa shape index (κ3) is 3.01. The first-order valence-electron chi connectivity index (χ1n) is 7.75. The van der Waals surface area contributed by atoms with Crippen molar-refractivity contribution in [3.05, 3.63) is 84.4 Å². The van der Waals surface area contributed by atoms with Crippen molar-refractivity contribution < 1.29 is 9.05 Å². The van der Waals surface area contributed by atoms with Crippen LogP contribution in [0.4, 0.5) is 0 Å². The molecule has 0 amide bonds. The largest absolute Gasteiger partial charge is 0.443 e. The Labute approximate surface area is 137 Å². The molecule has 1 unspecified atom stereocenters. The number of para-hydroxylation sites is 1. The van der Waals surface area contributed by atoms with E-state index in [9.17, 15) is 0 Å². The molecule has 4 rings (SSSR count). The van der Waals surface area contributed by atoms with Gasteiger partial charge >= 0.3 is 0 Å². The zero-order chi connectivity index (χ0) is 15.5. The molecule has 114 valence electrons. The highest BCUT2D eigenvalue weighted by Crippen LogP contribution is 2.49. The molecule has 1 aliphatic heterocycles. The number of rotatable bonds is 4. The molecule has 3 aromatic rings. The van der Waals surface area contributed by atoms with Crippen LogP contribution in [0.2, 0.25) is 0 Å². The van der Waals surface area contributed by atoms with Gasteiger partial charge in [0.2, 0.25) is 0 Å². The summed E-state index contributed by atoms with van der Waals surface area (Å²) >= 11 is 0. The first-order valence-corrected chi connectivity index (χ1v) is 8.93. The van der Waals surface area contributed by atoms with Gasteiger partial charge in [0.1, 0.15) is 5.75 Å². The van der Waals surface area contributed by atoms with Crippen molar-refractivity contribution in [1.29, 1.82) is 0 Å². The summed E-state index contributed by atoms with van der Waals surface area (Å²) in [6, 6.07) is 26.9. The Kier molecular flexibility index (Phi) is 4.10. The summed E-state index contributed by atoms with van der Waals surface area (Å²) in [5.74, 6) is 0.914. The maximum atomic E-state index is 6.14. The van der Waals surface area contributed by atoms with Gasteiger partial charge in [-0.3, -0.25) is 0 Å². The quantitative estimate of drug-likeness (QED) is 0.634. The third-order valence-electron chi connectivity index (χ3n) is 3.90. The molecule has 23 heavy (non-hydrogen) atoms. The number of hydrogen-bond acceptors (Lipinski definition) is 2. The van der Waals surface area contributed by atoms with Gasteiger partial charge in [0.15, 0.2) is 0 Å². The van der Waals surface area contributed by atoms with Crippen molar-refractivity contribution in [2.45, 2.75) is 6.42 Å². The second-order valence-corrected chi connectivity index (χ2v) is 6.87. The minimum absolute atomic E-state index is 0.659. The van der Waals surface area contributed by atoms with Crippen molar-refractivity contribution in [1.82, 2.24) is 0 Å². The lowest BCUT2D eigenvalue weighted by atomic mass is 10.0. The molecular formula is C20H17O2P. The molecule has 0 aromatic heterocycles. The second kappa shape index (κ2) is 6.54. The van der Waals surface area contributed by atoms with Crippen molar-refractivity contribution in [2.24, 2.45) is 0 Å². The molecule has 1 heterocycles. The maximum absolute atomic E-state index is 6.14. The summed E-state index contributed by atoms with van der Waals surface area (Å²) < 4.78 is 12.3. The first-order chi connectivity index (χ1) is 11.4. The molecule has 0 spiro atoms. The van der Waals surface area contributed by atoms with Crippen molar-refractivity contribution in [3.63, 3.8) is 0 Å². The van der Waals surface area contributed by atoms with Crippen molar-refractivity contribution in [2.75, 3.05) is 6.61 Å². The minimum Gasteiger partial charge on any atom is -0.443 e. The van der Waals surface area contributed by atoms with Crippen LogP contribution in [0.1, 0.15) is 5.56 Å². The van der Waals surface area contributed by atoms with E-state index in [2.05, 4.69) is 48.5 Å². The van der Waals surface area contributed by atoms with Gasteiger partial charge in [-0.2, -0.15) is 0 Å². The van der Waals surface area contributed by atoms with E-state index >= 15 is 0 Å². The Morgan fingerprint density at radius 2 is 1.43 bits per heavy atom. The highest BCUT2D eigenvalue weighted by atomic mass is 31.2. The second-order valence-electron chi connectivity index (χ2n) is 5.43. The Hall–Kier alpha value is -2.15. The topological polar surface area (TPSA) is 18.5 Å². The van der Waals surface area contributed by atoms with Crippen molar-refractivity contribution >= 4 is 13.7 Å². The monoisotopic (exact) mass is 320 g/mol. The molecule has 2 nitrogen and oxygen atoms in total. The normalized spacial score (nSPS) is 15.4. The predicted octanol–water partition coefficient (Wildman–Crippen LogP) is 4.94. The van der Waals surface area contributed by atoms with Crippen LogP contribution in [0.15, 0.2) is 78.9 Å². The van der Waals surface area contributed by atoms with Crippen LogP contribution in [0.5, 0.6) is 5.75 Å². The molecule has 0 bridgehead atoms. The summed E-state index contributed by atoms with van der Waals surface area (Å²) in [6.45, 7) is 0.659. The van der Waals surface area contributed by atoms with Crippen LogP contribution in [0, 0.1) is 0 Å². The van der Waals surface area contributed by atoms with E-state index in [0.29, 0.717) is 6.61 Å². The third-order valence-corrected chi connectivity index (χ3v) is 5.46. The first kappa shape index (κ1) is 14.4. The van der Waals surface area contributed by atoms with Crippen LogP contribution in [0.3, 0.4) is 0 Å². The molecular weight excluding hydrogens is 303 g/mol. The van der Waals surface area contributed by atoms with Crippen LogP contribution >= 0.6 is 8.38 Å². The van der Waals surface area contributed by atoms with Gasteiger partial charge in [0.25, 0.3) is 8.38 Å². The fraction of sp³-hybridized carbons (Fsp3) is 0.100. The summed E-state index contributed by atoms with van der Waals surface area (Å²) in [5, 5.41) is 1.16. The predicted molar refractivity (Wildman–Crippen MR) is 95.2 cm³/mol. The van der Waals surface area contributed by atoms with Gasteiger partial charge in [-0.05, 0) is 29.7 Å². The van der Waals surface area contributed by atoms with E-state index < -0.39 is 8.38 Å². The fourth-order valence-corrected chi connectivity index (χ4v) is 4.24. The van der Waals surface area contributed by atoms with Gasteiger partial charge in [0, 0.05) is 5.56 Å². The lowest BCUT2D eigenvalue weighted by Gasteiger charge is -2.27. The van der Waals surface area contributed by atoms with Gasteiger partial charge < -0.3 is 9.05 Å². The van der Waals surface area contributed by atoms with E-state index in [-0.39, 0.29) is 0 Å². The SMILES string of the molecule is c1ccc(CCOP2Oc3ccccc3-c3ccccc32)cc1. The maximum Gasteiger partial charge on any atom is 0.265 e. The molecule has 0 N–H and O–H groups in total. The zero-order valence-corrected chi connectivity index (χ0v) is 13.6. The van der Waals surface area contributed by atoms with E-state index in [1.54, 1.807) is 0 Å². The average molecular weight is 320 g/mol. The van der Waals surface area contributed by atoms with E-state index in [0.717, 1.165) is 23.0 Å². The molecule has 3 aromatic carbocycles. The van der Waals surface area contributed by atoms with Gasteiger partial charge in [0.05, 0.1) is 11.9 Å². The number of hydrogen-bond donors (Lipinski definition) is 0. The lowest BCUT2D eigenvalue weighted by molar-refractivity contribution is 0.324. The van der Waals surface area contributed by atoms with E-state index in [1.165, 1.54) is 11.1 Å². The fourth-order valence-electron chi connectivity index (χ4n) is 2.75. The molecule has 0 saturated carbocycles. The van der Waals surface area contributed by atoms with Gasteiger partial charge in [-0.25, -0.2) is 0 Å². The highest BCUT2D eigenvalue weighted by molar-refractivity contribution is 7.56. The molecule has 0 saturated heterocycles. The molecule has 0 radical (unpaired) electrons. The Bertz CT molecular complexity index is 802. The van der Waals surface area contributed by atoms with E-state index in [1.807, 2.05) is 30.3 Å². The molecule has 0 aliphatic carbocycles. The van der Waals surface area contributed by atoms with Crippen LogP contribution in [-0.4, -0.2) is 6.61 Å². The zero-order valence-electron chi connectivity index (χ0n) is 12.7. The number of fused-ring (bicyclic) bond motifs is 3. The summed E-state index contributed by atoms with van der Waals surface area (Å²) in [6.07, 6.45) is 0.896. The molecule has 3 heteroatoms. The van der Waals surface area contributed by atoms with Gasteiger partial charge in [-0.1, -0.05) is 66.7 Å². The summed E-state index contributed by atoms with van der Waals surface area (Å²) in [7, 11) is -1.07.